The number of aromatic nitrogens is 1. The van der Waals surface area contributed by atoms with Gasteiger partial charge in [-0.15, -0.1) is 0 Å². The molecule has 146 valence electrons. The second-order valence-electron chi connectivity index (χ2n) is 6.59. The van der Waals surface area contributed by atoms with Crippen LogP contribution in [0.1, 0.15) is 47.3 Å². The van der Waals surface area contributed by atoms with E-state index in [2.05, 4.69) is 5.16 Å². The summed E-state index contributed by atoms with van der Waals surface area (Å²) in [7, 11) is 1.26. The standard InChI is InChI=1S/C18H19F3N2O4/c1-10-7-11(3-4-13(10)18(19,20)21)14-8-12(15-9-16(24)22-27-15)5-6-23(14)17(25)26-2/h3-4,7,9,12,14H,5-6,8H2,1-2H3,(H,22,24). The van der Waals surface area contributed by atoms with E-state index in [-0.39, 0.29) is 17.0 Å². The van der Waals surface area contributed by atoms with Crippen LogP contribution in [0.15, 0.2) is 33.6 Å². The molecule has 3 rings (SSSR count). The van der Waals surface area contributed by atoms with Crippen molar-refractivity contribution >= 4 is 6.09 Å². The first-order chi connectivity index (χ1) is 12.7. The Bertz CT molecular complexity index is 887. The molecule has 1 aromatic carbocycles. The van der Waals surface area contributed by atoms with Crippen LogP contribution in [0.25, 0.3) is 0 Å². The Hall–Kier alpha value is -2.71. The van der Waals surface area contributed by atoms with Crippen LogP contribution in [0.3, 0.4) is 0 Å². The molecule has 0 spiro atoms. The molecule has 1 fully saturated rings. The van der Waals surface area contributed by atoms with Crippen LogP contribution < -0.4 is 5.56 Å². The summed E-state index contributed by atoms with van der Waals surface area (Å²) < 4.78 is 49.1. The molecule has 2 aromatic rings. The normalized spacial score (nSPS) is 20.6. The van der Waals surface area contributed by atoms with Gasteiger partial charge in [-0.1, -0.05) is 12.1 Å². The highest BCUT2D eigenvalue weighted by molar-refractivity contribution is 5.68. The summed E-state index contributed by atoms with van der Waals surface area (Å²) in [6, 6.07) is 4.72. The molecule has 27 heavy (non-hydrogen) atoms. The molecule has 0 saturated carbocycles. The quantitative estimate of drug-likeness (QED) is 0.850. The second-order valence-corrected chi connectivity index (χ2v) is 6.59. The lowest BCUT2D eigenvalue weighted by Gasteiger charge is -2.38. The number of likely N-dealkylation sites (tertiary alicyclic amines) is 1. The van der Waals surface area contributed by atoms with Gasteiger partial charge < -0.3 is 14.2 Å². The van der Waals surface area contributed by atoms with Gasteiger partial charge in [0.05, 0.1) is 18.7 Å². The number of amides is 1. The van der Waals surface area contributed by atoms with Gasteiger partial charge in [-0.2, -0.15) is 18.3 Å². The Morgan fingerprint density at radius 2 is 2.07 bits per heavy atom. The van der Waals surface area contributed by atoms with Crippen molar-refractivity contribution in [1.29, 1.82) is 0 Å². The van der Waals surface area contributed by atoms with Crippen molar-refractivity contribution in [3.05, 3.63) is 57.1 Å². The summed E-state index contributed by atoms with van der Waals surface area (Å²) in [6.07, 6.45) is -4.03. The average Bonchev–Trinajstić information content (AvgIpc) is 3.05. The number of hydrogen-bond acceptors (Lipinski definition) is 4. The van der Waals surface area contributed by atoms with Crippen LogP contribution >= 0.6 is 0 Å². The Morgan fingerprint density at radius 3 is 2.63 bits per heavy atom. The zero-order chi connectivity index (χ0) is 19.8. The fourth-order valence-electron chi connectivity index (χ4n) is 3.59. The second kappa shape index (κ2) is 7.13. The number of aryl methyl sites for hydroxylation is 1. The van der Waals surface area contributed by atoms with E-state index >= 15 is 0 Å². The molecule has 2 unspecified atom stereocenters. The molecule has 1 amide bonds. The van der Waals surface area contributed by atoms with E-state index in [1.54, 1.807) is 0 Å². The molecule has 1 aromatic heterocycles. The summed E-state index contributed by atoms with van der Waals surface area (Å²) in [5.41, 5.74) is -0.407. The lowest BCUT2D eigenvalue weighted by molar-refractivity contribution is -0.138. The molecular weight excluding hydrogens is 365 g/mol. The molecule has 6 nitrogen and oxygen atoms in total. The van der Waals surface area contributed by atoms with Crippen LogP contribution in [0.2, 0.25) is 0 Å². The summed E-state index contributed by atoms with van der Waals surface area (Å²) in [4.78, 5) is 25.0. The molecule has 0 aliphatic carbocycles. The number of methoxy groups -OCH3 is 1. The summed E-state index contributed by atoms with van der Waals surface area (Å²) in [5.74, 6) is 0.329. The van der Waals surface area contributed by atoms with Gasteiger partial charge in [-0.05, 0) is 37.0 Å². The number of carbonyl (C=O) groups excluding carboxylic acids is 1. The maximum Gasteiger partial charge on any atom is 0.416 e. The summed E-state index contributed by atoms with van der Waals surface area (Å²) >= 11 is 0. The highest BCUT2D eigenvalue weighted by Gasteiger charge is 2.37. The van der Waals surface area contributed by atoms with E-state index in [9.17, 15) is 22.8 Å². The first-order valence-electron chi connectivity index (χ1n) is 8.41. The largest absolute Gasteiger partial charge is 0.453 e. The molecule has 1 saturated heterocycles. The van der Waals surface area contributed by atoms with Gasteiger partial charge in [0.2, 0.25) is 0 Å². The van der Waals surface area contributed by atoms with E-state index < -0.39 is 23.9 Å². The molecule has 1 N–H and O–H groups in total. The van der Waals surface area contributed by atoms with E-state index in [0.717, 1.165) is 6.07 Å². The van der Waals surface area contributed by atoms with Gasteiger partial charge in [-0.3, -0.25) is 4.79 Å². The predicted molar refractivity (Wildman–Crippen MR) is 89.3 cm³/mol. The SMILES string of the molecule is COC(=O)N1CCC(c2cc(=O)[nH]o2)CC1c1ccc(C(F)(F)F)c(C)c1. The minimum absolute atomic E-state index is 0.0834. The van der Waals surface area contributed by atoms with Crippen molar-refractivity contribution in [2.45, 2.75) is 37.9 Å². The number of benzene rings is 1. The number of hydrogen-bond donors (Lipinski definition) is 1. The molecule has 2 heterocycles. The van der Waals surface area contributed by atoms with Crippen LogP contribution in [0.5, 0.6) is 0 Å². The Morgan fingerprint density at radius 1 is 1.33 bits per heavy atom. The molecule has 0 bridgehead atoms. The zero-order valence-corrected chi connectivity index (χ0v) is 14.8. The summed E-state index contributed by atoms with van der Waals surface area (Å²) in [6.45, 7) is 1.72. The Kier molecular flexibility index (Phi) is 5.03. The van der Waals surface area contributed by atoms with E-state index in [1.165, 1.54) is 37.1 Å². The summed E-state index contributed by atoms with van der Waals surface area (Å²) in [5, 5.41) is 2.24. The first-order valence-corrected chi connectivity index (χ1v) is 8.41. The van der Waals surface area contributed by atoms with Crippen molar-refractivity contribution in [3.63, 3.8) is 0 Å². The van der Waals surface area contributed by atoms with Crippen molar-refractivity contribution in [3.8, 4) is 0 Å². The Labute approximate surface area is 152 Å². The molecule has 1 aliphatic heterocycles. The number of piperidine rings is 1. The number of aromatic amines is 1. The number of H-pyrrole nitrogens is 1. The lowest BCUT2D eigenvalue weighted by Crippen LogP contribution is -2.40. The van der Waals surface area contributed by atoms with Gasteiger partial charge in [0.15, 0.2) is 0 Å². The zero-order valence-electron chi connectivity index (χ0n) is 14.8. The maximum atomic E-state index is 13.0. The highest BCUT2D eigenvalue weighted by Crippen LogP contribution is 2.41. The Balaban J connectivity index is 1.95. The number of nitrogens with zero attached hydrogens (tertiary/aromatic N) is 1. The molecule has 2 atom stereocenters. The smallest absolute Gasteiger partial charge is 0.416 e. The molecule has 1 aliphatic rings. The highest BCUT2D eigenvalue weighted by atomic mass is 19.4. The number of carbonyl (C=O) groups is 1. The van der Waals surface area contributed by atoms with Gasteiger partial charge in [0.25, 0.3) is 5.56 Å². The number of alkyl halides is 3. The topological polar surface area (TPSA) is 75.5 Å². The van der Waals surface area contributed by atoms with E-state index in [4.69, 9.17) is 9.26 Å². The number of rotatable bonds is 2. The minimum atomic E-state index is -4.44. The van der Waals surface area contributed by atoms with Crippen molar-refractivity contribution in [2.24, 2.45) is 0 Å². The van der Waals surface area contributed by atoms with E-state index in [1.807, 2.05) is 0 Å². The van der Waals surface area contributed by atoms with Gasteiger partial charge in [0, 0.05) is 18.5 Å². The van der Waals surface area contributed by atoms with Gasteiger partial charge in [0.1, 0.15) is 5.76 Å². The van der Waals surface area contributed by atoms with E-state index in [0.29, 0.717) is 30.7 Å². The number of nitrogens with one attached hydrogen (secondary N) is 1. The molecule has 9 heteroatoms. The molecule has 0 radical (unpaired) electrons. The van der Waals surface area contributed by atoms with Crippen molar-refractivity contribution in [1.82, 2.24) is 10.1 Å². The van der Waals surface area contributed by atoms with Crippen molar-refractivity contribution in [2.75, 3.05) is 13.7 Å². The average molecular weight is 384 g/mol. The minimum Gasteiger partial charge on any atom is -0.453 e. The van der Waals surface area contributed by atoms with Gasteiger partial charge >= 0.3 is 12.3 Å². The van der Waals surface area contributed by atoms with Crippen molar-refractivity contribution < 1.29 is 27.2 Å². The fourth-order valence-corrected chi connectivity index (χ4v) is 3.59. The monoisotopic (exact) mass is 384 g/mol. The third-order valence-electron chi connectivity index (χ3n) is 4.90. The number of halogens is 3. The molecular formula is C18H19F3N2O4. The lowest BCUT2D eigenvalue weighted by atomic mass is 9.85. The van der Waals surface area contributed by atoms with Crippen LogP contribution in [-0.4, -0.2) is 29.8 Å². The third kappa shape index (κ3) is 3.86. The van der Waals surface area contributed by atoms with Crippen LogP contribution in [0, 0.1) is 6.92 Å². The third-order valence-corrected chi connectivity index (χ3v) is 4.90. The fraction of sp³-hybridized carbons (Fsp3) is 0.444. The number of ether oxygens (including phenoxy) is 1. The van der Waals surface area contributed by atoms with Crippen LogP contribution in [0.4, 0.5) is 18.0 Å². The maximum absolute atomic E-state index is 13.0. The predicted octanol–water partition coefficient (Wildman–Crippen LogP) is 3.98. The first kappa shape index (κ1) is 19.1. The van der Waals surface area contributed by atoms with Crippen LogP contribution in [-0.2, 0) is 10.9 Å². The van der Waals surface area contributed by atoms with Gasteiger partial charge in [-0.25, -0.2) is 4.79 Å².